The summed E-state index contributed by atoms with van der Waals surface area (Å²) in [7, 11) is -0.298. The summed E-state index contributed by atoms with van der Waals surface area (Å²) in [6, 6.07) is 21.4. The average molecular weight is 377 g/mol. The van der Waals surface area contributed by atoms with E-state index in [1.165, 1.54) is 12.8 Å². The van der Waals surface area contributed by atoms with Crippen molar-refractivity contribution >= 4 is 41.2 Å². The molecule has 0 N–H and O–H groups in total. The Balaban J connectivity index is 1.93. The highest BCUT2D eigenvalue weighted by atomic mass is 32.1. The summed E-state index contributed by atoms with van der Waals surface area (Å²) in [6.07, 6.45) is 2.46. The van der Waals surface area contributed by atoms with Crippen LogP contribution in [0.25, 0.3) is 10.8 Å². The molecule has 0 spiro atoms. The molecule has 3 aromatic rings. The maximum Gasteiger partial charge on any atom is 0.125 e. The molecule has 1 aliphatic heterocycles. The number of aryl methyl sites for hydroxylation is 2. The van der Waals surface area contributed by atoms with Crippen LogP contribution in [0.4, 0.5) is 0 Å². The molecule has 1 heterocycles. The van der Waals surface area contributed by atoms with Gasteiger partial charge >= 0.3 is 0 Å². The minimum atomic E-state index is -1.33. The highest BCUT2D eigenvalue weighted by Gasteiger charge is 2.60. The lowest BCUT2D eigenvalue weighted by atomic mass is 10.1. The van der Waals surface area contributed by atoms with Crippen molar-refractivity contribution in [2.45, 2.75) is 51.9 Å². The zero-order chi connectivity index (χ0) is 18.1. The van der Waals surface area contributed by atoms with Gasteiger partial charge < -0.3 is 0 Å². The maximum absolute atomic E-state index is 2.55. The molecule has 0 radical (unpaired) electrons. The maximum atomic E-state index is 2.55. The van der Waals surface area contributed by atoms with Crippen LogP contribution in [0.1, 0.15) is 38.8 Å². The normalized spacial score (nSPS) is 19.8. The molecule has 0 aromatic heterocycles. The number of hydrogen-bond acceptors (Lipinski definition) is 0. The Morgan fingerprint density at radius 3 is 1.96 bits per heavy atom. The van der Waals surface area contributed by atoms with Crippen LogP contribution in [-0.4, -0.2) is 11.3 Å². The Kier molecular flexibility index (Phi) is 3.83. The first-order valence-electron chi connectivity index (χ1n) is 9.89. The monoisotopic (exact) mass is 377 g/mol. The van der Waals surface area contributed by atoms with E-state index >= 15 is 0 Å². The van der Waals surface area contributed by atoms with Crippen LogP contribution in [0.3, 0.4) is 0 Å². The molecule has 132 valence electrons. The molecule has 3 aromatic carbocycles. The van der Waals surface area contributed by atoms with E-state index in [-0.39, 0.29) is 7.61 Å². The predicted molar refractivity (Wildman–Crippen MR) is 121 cm³/mol. The smallest absolute Gasteiger partial charge is 0.0622 e. The van der Waals surface area contributed by atoms with Gasteiger partial charge in [0.25, 0.3) is 0 Å². The van der Waals surface area contributed by atoms with E-state index in [9.17, 15) is 0 Å². The molecule has 0 saturated heterocycles. The molecule has 0 bridgehead atoms. The van der Waals surface area contributed by atoms with Gasteiger partial charge in [0.05, 0.1) is 18.3 Å². The van der Waals surface area contributed by atoms with Crippen molar-refractivity contribution in [2.75, 3.05) is 0 Å². The van der Waals surface area contributed by atoms with Gasteiger partial charge in [0, 0.05) is 16.0 Å². The van der Waals surface area contributed by atoms with E-state index in [2.05, 4.69) is 82.3 Å². The van der Waals surface area contributed by atoms with Crippen molar-refractivity contribution in [1.82, 2.24) is 0 Å². The van der Waals surface area contributed by atoms with Gasteiger partial charge in [0.1, 0.15) is 12.9 Å². The Morgan fingerprint density at radius 2 is 1.35 bits per heavy atom. The summed E-state index contributed by atoms with van der Waals surface area (Å²) in [5.74, 6) is 0. The second-order valence-corrected chi connectivity index (χ2v) is 17.1. The van der Waals surface area contributed by atoms with E-state index in [1.54, 1.807) is 37.8 Å². The summed E-state index contributed by atoms with van der Waals surface area (Å²) in [5.41, 5.74) is 4.63. The highest BCUT2D eigenvalue weighted by molar-refractivity contribution is 8.48. The summed E-state index contributed by atoms with van der Waals surface area (Å²) in [6.45, 7) is 8.67. The van der Waals surface area contributed by atoms with Gasteiger partial charge in [-0.15, -0.1) is 0 Å². The molecule has 1 aliphatic carbocycles. The zero-order valence-corrected chi connectivity index (χ0v) is 17.9. The Labute approximate surface area is 159 Å². The molecule has 0 nitrogen and oxygen atoms in total. The Hall–Kier alpha value is -1.22. The lowest BCUT2D eigenvalue weighted by molar-refractivity contribution is 1.01. The highest BCUT2D eigenvalue weighted by Crippen LogP contribution is 2.89. The first-order chi connectivity index (χ1) is 12.6. The molecular formula is C24H27P2+. The topological polar surface area (TPSA) is 0 Å². The summed E-state index contributed by atoms with van der Waals surface area (Å²) in [4.78, 5) is 0. The van der Waals surface area contributed by atoms with Crippen molar-refractivity contribution in [1.29, 1.82) is 0 Å². The minimum Gasteiger partial charge on any atom is -0.0622 e. The predicted octanol–water partition coefficient (Wildman–Crippen LogP) is 5.76. The van der Waals surface area contributed by atoms with Crippen molar-refractivity contribution in [2.24, 2.45) is 0 Å². The Morgan fingerprint density at radius 1 is 0.731 bits per heavy atom. The molecule has 26 heavy (non-hydrogen) atoms. The third kappa shape index (κ3) is 1.99. The van der Waals surface area contributed by atoms with E-state index < -0.39 is 6.95 Å². The molecule has 5 rings (SSSR count). The molecule has 2 heteroatoms. The van der Waals surface area contributed by atoms with Crippen LogP contribution in [0.15, 0.2) is 54.6 Å². The van der Waals surface area contributed by atoms with Crippen molar-refractivity contribution in [3.8, 4) is 0 Å². The summed E-state index contributed by atoms with van der Waals surface area (Å²) >= 11 is 0. The number of rotatable bonds is 3. The van der Waals surface area contributed by atoms with Gasteiger partial charge in [-0.1, -0.05) is 42.5 Å². The largest absolute Gasteiger partial charge is 0.125 e. The van der Waals surface area contributed by atoms with Crippen molar-refractivity contribution < 1.29 is 0 Å². The molecule has 0 fully saturated rings. The van der Waals surface area contributed by atoms with E-state index in [0.717, 1.165) is 11.3 Å². The first-order valence-corrected chi connectivity index (χ1v) is 13.9. The van der Waals surface area contributed by atoms with E-state index in [1.807, 2.05) is 0 Å². The van der Waals surface area contributed by atoms with Crippen molar-refractivity contribution in [3.63, 3.8) is 0 Å². The van der Waals surface area contributed by atoms with Crippen LogP contribution in [0.5, 0.6) is 0 Å². The second-order valence-electron chi connectivity index (χ2n) is 8.31. The van der Waals surface area contributed by atoms with Crippen LogP contribution < -0.4 is 15.9 Å². The fourth-order valence-corrected chi connectivity index (χ4v) is 19.2. The quantitative estimate of drug-likeness (QED) is 0.509. The number of benzene rings is 3. The third-order valence-electron chi connectivity index (χ3n) is 6.47. The van der Waals surface area contributed by atoms with Gasteiger partial charge in [-0.3, -0.25) is 0 Å². The molecule has 0 saturated carbocycles. The lowest BCUT2D eigenvalue weighted by Gasteiger charge is -2.37. The standard InChI is InChI=1S/C24H27P2/c1-16(2)26(17(3)4)22-15-13-19-11-10-18-12-14-21(24(22)23(18)19)25(26)20-8-6-5-7-9-20/h5-9,12-17H,10-11H2,1-4H3/q+1. The van der Waals surface area contributed by atoms with Gasteiger partial charge in [-0.25, -0.2) is 0 Å². The molecule has 2 aliphatic rings. The summed E-state index contributed by atoms with van der Waals surface area (Å²) in [5, 5.41) is 8.31. The fourth-order valence-electron chi connectivity index (χ4n) is 5.57. The lowest BCUT2D eigenvalue weighted by Crippen LogP contribution is -2.25. The van der Waals surface area contributed by atoms with E-state index in [0.29, 0.717) is 0 Å². The second kappa shape index (κ2) is 5.89. The fraction of sp³-hybridized carbons (Fsp3) is 0.333. The molecule has 0 amide bonds. The van der Waals surface area contributed by atoms with Gasteiger partial charge in [0.2, 0.25) is 0 Å². The van der Waals surface area contributed by atoms with Gasteiger partial charge in [-0.05, 0) is 69.2 Å². The van der Waals surface area contributed by atoms with Crippen LogP contribution in [0.2, 0.25) is 0 Å². The average Bonchev–Trinajstić information content (AvgIpc) is 3.18. The zero-order valence-electron chi connectivity index (χ0n) is 16.2. The van der Waals surface area contributed by atoms with Gasteiger partial charge in [-0.2, -0.15) is 0 Å². The molecular weight excluding hydrogens is 350 g/mol. The Bertz CT molecular complexity index is 983. The third-order valence-corrected chi connectivity index (χ3v) is 19.8. The van der Waals surface area contributed by atoms with Crippen LogP contribution in [-0.2, 0) is 12.8 Å². The van der Waals surface area contributed by atoms with Crippen LogP contribution in [0, 0.1) is 0 Å². The van der Waals surface area contributed by atoms with Crippen LogP contribution >= 0.6 is 14.6 Å². The number of hydrogen-bond donors (Lipinski definition) is 0. The van der Waals surface area contributed by atoms with Crippen molar-refractivity contribution in [3.05, 3.63) is 65.7 Å². The van der Waals surface area contributed by atoms with E-state index in [4.69, 9.17) is 0 Å². The van der Waals surface area contributed by atoms with Gasteiger partial charge in [0.15, 0.2) is 0 Å². The molecule has 1 unspecified atom stereocenters. The minimum absolute atomic E-state index is 0.298. The molecule has 1 atom stereocenters. The first kappa shape index (κ1) is 16.9. The SMILES string of the molecule is CC(C)[P+]1(C(C)C)c2ccc3c4c(ccc(c24)P1c1ccccc1)CC3. The summed E-state index contributed by atoms with van der Waals surface area (Å²) < 4.78 is 0.